The van der Waals surface area contributed by atoms with Gasteiger partial charge in [-0.05, 0) is 56.9 Å². The summed E-state index contributed by atoms with van der Waals surface area (Å²) in [6.07, 6.45) is 2.77. The summed E-state index contributed by atoms with van der Waals surface area (Å²) >= 11 is 3.37. The number of carbonyl (C=O) groups excluding carboxylic acids is 3. The summed E-state index contributed by atoms with van der Waals surface area (Å²) in [5.74, 6) is -0.393. The second-order valence-corrected chi connectivity index (χ2v) is 7.93. The smallest absolute Gasteiger partial charge is 0.309 e. The highest BCUT2D eigenvalue weighted by atomic mass is 79.9. The van der Waals surface area contributed by atoms with Crippen LogP contribution in [0.3, 0.4) is 0 Å². The number of benzene rings is 1. The van der Waals surface area contributed by atoms with Gasteiger partial charge in [0.05, 0.1) is 12.5 Å². The van der Waals surface area contributed by atoms with Crippen LogP contribution in [0.25, 0.3) is 0 Å². The van der Waals surface area contributed by atoms with E-state index >= 15 is 0 Å². The minimum atomic E-state index is -0.403. The zero-order valence-electron chi connectivity index (χ0n) is 15.5. The van der Waals surface area contributed by atoms with Gasteiger partial charge in [0.25, 0.3) is 5.91 Å². The van der Waals surface area contributed by atoms with Crippen molar-refractivity contribution in [3.63, 3.8) is 0 Å². The fourth-order valence-electron chi connectivity index (χ4n) is 3.83. The first-order chi connectivity index (χ1) is 13.0. The fourth-order valence-corrected chi connectivity index (χ4v) is 4.10. The summed E-state index contributed by atoms with van der Waals surface area (Å²) in [5.41, 5.74) is 0.596. The van der Waals surface area contributed by atoms with Crippen LogP contribution in [0.5, 0.6) is 0 Å². The molecule has 0 bridgehead atoms. The van der Waals surface area contributed by atoms with Gasteiger partial charge in [-0.25, -0.2) is 0 Å². The number of piperidine rings is 1. The van der Waals surface area contributed by atoms with Crippen molar-refractivity contribution in [2.24, 2.45) is 5.92 Å². The Hall–Kier alpha value is -1.89. The van der Waals surface area contributed by atoms with Crippen molar-refractivity contribution in [3.8, 4) is 0 Å². The summed E-state index contributed by atoms with van der Waals surface area (Å²) in [6, 6.07) is 6.81. The van der Waals surface area contributed by atoms with Crippen LogP contribution in [0.1, 0.15) is 43.0 Å². The standard InChI is InChI=1S/C20H25BrN2O4/c1-2-27-20(26)15-9-12-22(13-10-15)19(25)17-4-3-11-23(17)18(24)14-5-7-16(21)8-6-14/h5-8,15,17H,2-4,9-13H2,1H3. The topological polar surface area (TPSA) is 66.9 Å². The summed E-state index contributed by atoms with van der Waals surface area (Å²) in [5, 5.41) is 0. The first-order valence-electron chi connectivity index (χ1n) is 9.53. The molecule has 0 spiro atoms. The lowest BCUT2D eigenvalue weighted by Crippen LogP contribution is -2.50. The maximum absolute atomic E-state index is 13.0. The molecule has 6 nitrogen and oxygen atoms in total. The Labute approximate surface area is 168 Å². The Morgan fingerprint density at radius 3 is 2.37 bits per heavy atom. The monoisotopic (exact) mass is 436 g/mol. The Bertz CT molecular complexity index is 698. The number of amides is 2. The van der Waals surface area contributed by atoms with Crippen LogP contribution >= 0.6 is 15.9 Å². The van der Waals surface area contributed by atoms with E-state index in [4.69, 9.17) is 4.74 Å². The van der Waals surface area contributed by atoms with E-state index in [1.807, 2.05) is 12.1 Å². The molecule has 3 rings (SSSR count). The summed E-state index contributed by atoms with van der Waals surface area (Å²) in [4.78, 5) is 41.2. The van der Waals surface area contributed by atoms with Crippen LogP contribution < -0.4 is 0 Å². The molecule has 2 amide bonds. The SMILES string of the molecule is CCOC(=O)C1CCN(C(=O)C2CCCN2C(=O)c2ccc(Br)cc2)CC1. The Morgan fingerprint density at radius 2 is 1.74 bits per heavy atom. The van der Waals surface area contributed by atoms with Crippen LogP contribution in [0.4, 0.5) is 0 Å². The number of ether oxygens (including phenoxy) is 1. The lowest BCUT2D eigenvalue weighted by molar-refractivity contribution is -0.151. The lowest BCUT2D eigenvalue weighted by atomic mass is 9.96. The van der Waals surface area contributed by atoms with Crippen molar-refractivity contribution in [2.75, 3.05) is 26.2 Å². The molecule has 146 valence electrons. The summed E-state index contributed by atoms with van der Waals surface area (Å²) in [7, 11) is 0. The van der Waals surface area contributed by atoms with E-state index in [1.165, 1.54) is 0 Å². The van der Waals surface area contributed by atoms with Gasteiger partial charge in [-0.15, -0.1) is 0 Å². The number of nitrogens with zero attached hydrogens (tertiary/aromatic N) is 2. The maximum Gasteiger partial charge on any atom is 0.309 e. The molecular weight excluding hydrogens is 412 g/mol. The number of carbonyl (C=O) groups is 3. The minimum Gasteiger partial charge on any atom is -0.466 e. The number of halogens is 1. The first-order valence-corrected chi connectivity index (χ1v) is 10.3. The molecule has 27 heavy (non-hydrogen) atoms. The Balaban J connectivity index is 1.61. The zero-order valence-corrected chi connectivity index (χ0v) is 17.1. The van der Waals surface area contributed by atoms with Gasteiger partial charge in [0.15, 0.2) is 0 Å². The van der Waals surface area contributed by atoms with Crippen LogP contribution in [0.2, 0.25) is 0 Å². The molecule has 0 aromatic heterocycles. The quantitative estimate of drug-likeness (QED) is 0.680. The highest BCUT2D eigenvalue weighted by Crippen LogP contribution is 2.25. The van der Waals surface area contributed by atoms with Crippen LogP contribution in [0.15, 0.2) is 28.7 Å². The zero-order chi connectivity index (χ0) is 19.4. The first kappa shape index (κ1) is 19.9. The predicted molar refractivity (Wildman–Crippen MR) is 104 cm³/mol. The van der Waals surface area contributed by atoms with Crippen LogP contribution in [-0.2, 0) is 14.3 Å². The molecule has 2 saturated heterocycles. The normalized spacial score (nSPS) is 20.6. The second-order valence-electron chi connectivity index (χ2n) is 7.02. The molecule has 2 aliphatic rings. The number of hydrogen-bond acceptors (Lipinski definition) is 4. The molecule has 7 heteroatoms. The third-order valence-electron chi connectivity index (χ3n) is 5.32. The molecule has 0 aliphatic carbocycles. The van der Waals surface area contributed by atoms with Gasteiger partial charge >= 0.3 is 5.97 Å². The Morgan fingerprint density at radius 1 is 1.07 bits per heavy atom. The molecule has 1 aromatic rings. The molecule has 1 atom stereocenters. The van der Waals surface area contributed by atoms with Crippen LogP contribution in [0, 0.1) is 5.92 Å². The molecule has 2 aliphatic heterocycles. The third-order valence-corrected chi connectivity index (χ3v) is 5.85. The minimum absolute atomic E-state index is 0.000251. The average Bonchev–Trinajstić information content (AvgIpc) is 3.17. The van der Waals surface area contributed by atoms with Crippen molar-refractivity contribution in [3.05, 3.63) is 34.3 Å². The van der Waals surface area contributed by atoms with E-state index in [1.54, 1.807) is 28.9 Å². The number of hydrogen-bond donors (Lipinski definition) is 0. The molecule has 2 fully saturated rings. The van der Waals surface area contributed by atoms with E-state index in [0.29, 0.717) is 51.1 Å². The summed E-state index contributed by atoms with van der Waals surface area (Å²) in [6.45, 7) is 3.86. The van der Waals surface area contributed by atoms with E-state index in [0.717, 1.165) is 10.9 Å². The molecule has 2 heterocycles. The van der Waals surface area contributed by atoms with Gasteiger partial charge < -0.3 is 14.5 Å². The molecule has 1 unspecified atom stereocenters. The van der Waals surface area contributed by atoms with Crippen molar-refractivity contribution < 1.29 is 19.1 Å². The van der Waals surface area contributed by atoms with Crippen LogP contribution in [-0.4, -0.2) is 59.9 Å². The largest absolute Gasteiger partial charge is 0.466 e. The van der Waals surface area contributed by atoms with Gasteiger partial charge in [0, 0.05) is 29.7 Å². The molecular formula is C20H25BrN2O4. The van der Waals surface area contributed by atoms with E-state index in [2.05, 4.69) is 15.9 Å². The van der Waals surface area contributed by atoms with E-state index in [9.17, 15) is 14.4 Å². The number of likely N-dealkylation sites (tertiary alicyclic amines) is 2. The number of esters is 1. The molecule has 0 radical (unpaired) electrons. The van der Waals surface area contributed by atoms with Gasteiger partial charge in [-0.2, -0.15) is 0 Å². The van der Waals surface area contributed by atoms with Crippen molar-refractivity contribution in [1.82, 2.24) is 9.80 Å². The average molecular weight is 437 g/mol. The predicted octanol–water partition coefficient (Wildman–Crippen LogP) is 2.86. The van der Waals surface area contributed by atoms with Crippen molar-refractivity contribution >= 4 is 33.7 Å². The fraction of sp³-hybridized carbons (Fsp3) is 0.550. The van der Waals surface area contributed by atoms with Crippen molar-refractivity contribution in [2.45, 2.75) is 38.6 Å². The third kappa shape index (κ3) is 4.51. The summed E-state index contributed by atoms with van der Waals surface area (Å²) < 4.78 is 6.00. The van der Waals surface area contributed by atoms with Gasteiger partial charge in [-0.3, -0.25) is 14.4 Å². The second kappa shape index (κ2) is 8.87. The van der Waals surface area contributed by atoms with E-state index in [-0.39, 0.29) is 23.7 Å². The highest BCUT2D eigenvalue weighted by molar-refractivity contribution is 9.10. The molecule has 1 aromatic carbocycles. The maximum atomic E-state index is 13.0. The molecule has 0 N–H and O–H groups in total. The number of rotatable bonds is 4. The molecule has 0 saturated carbocycles. The van der Waals surface area contributed by atoms with Crippen molar-refractivity contribution in [1.29, 1.82) is 0 Å². The van der Waals surface area contributed by atoms with Gasteiger partial charge in [0.2, 0.25) is 5.91 Å². The van der Waals surface area contributed by atoms with Gasteiger partial charge in [0.1, 0.15) is 6.04 Å². The van der Waals surface area contributed by atoms with E-state index < -0.39 is 6.04 Å². The Kier molecular flexibility index (Phi) is 6.52. The van der Waals surface area contributed by atoms with Gasteiger partial charge in [-0.1, -0.05) is 15.9 Å². The highest BCUT2D eigenvalue weighted by Gasteiger charge is 2.38. The lowest BCUT2D eigenvalue weighted by Gasteiger charge is -2.34.